The lowest BCUT2D eigenvalue weighted by Gasteiger charge is -2.19. The molecule has 1 aliphatic carbocycles. The van der Waals surface area contributed by atoms with Gasteiger partial charge < -0.3 is 10.6 Å². The zero-order valence-corrected chi connectivity index (χ0v) is 14.2. The Morgan fingerprint density at radius 2 is 2.08 bits per heavy atom. The van der Waals surface area contributed by atoms with Crippen LogP contribution in [0, 0.1) is 5.92 Å². The van der Waals surface area contributed by atoms with Crippen molar-refractivity contribution in [2.75, 3.05) is 18.4 Å². The molecule has 24 heavy (non-hydrogen) atoms. The lowest BCUT2D eigenvalue weighted by atomic mass is 9.95. The summed E-state index contributed by atoms with van der Waals surface area (Å²) in [5.41, 5.74) is 4.69. The molecule has 130 valence electrons. The molecule has 3 nitrogen and oxygen atoms in total. The molecule has 1 unspecified atom stereocenters. The van der Waals surface area contributed by atoms with Crippen LogP contribution in [0.3, 0.4) is 0 Å². The highest BCUT2D eigenvalue weighted by atomic mass is 19.1. The summed E-state index contributed by atoms with van der Waals surface area (Å²) in [7, 11) is 0. The second-order valence-electron chi connectivity index (χ2n) is 6.56. The molecule has 1 aromatic carbocycles. The molecular weight excluding hydrogens is 303 g/mol. The van der Waals surface area contributed by atoms with Crippen LogP contribution in [0.4, 0.5) is 10.1 Å². The number of carbonyl (C=O) groups is 1. The van der Waals surface area contributed by atoms with E-state index in [9.17, 15) is 9.18 Å². The first-order valence-corrected chi connectivity index (χ1v) is 8.43. The maximum atomic E-state index is 13.8. The second-order valence-corrected chi connectivity index (χ2v) is 6.56. The van der Waals surface area contributed by atoms with Crippen molar-refractivity contribution in [1.29, 1.82) is 0 Å². The molecule has 4 heteroatoms. The quantitative estimate of drug-likeness (QED) is 0.843. The first-order chi connectivity index (χ1) is 11.5. The van der Waals surface area contributed by atoms with Crippen molar-refractivity contribution in [3.63, 3.8) is 0 Å². The van der Waals surface area contributed by atoms with Crippen molar-refractivity contribution in [1.82, 2.24) is 5.32 Å². The Labute approximate surface area is 145 Å². The summed E-state index contributed by atoms with van der Waals surface area (Å²) in [6, 6.07) is 7.75. The van der Waals surface area contributed by atoms with Crippen LogP contribution in [0.2, 0.25) is 0 Å². The molecule has 1 atom stereocenters. The minimum atomic E-state index is -0.434. The Kier molecular flexibility index (Phi) is 4.95. The fourth-order valence-corrected chi connectivity index (χ4v) is 3.11. The zero-order valence-electron chi connectivity index (χ0n) is 14.2. The highest BCUT2D eigenvalue weighted by Crippen LogP contribution is 2.26. The monoisotopic (exact) mass is 330 g/mol. The number of benzene rings is 1. The molecule has 1 heterocycles. The van der Waals surface area contributed by atoms with Gasteiger partial charge in [-0.15, -0.1) is 0 Å². The van der Waals surface area contributed by atoms with Crippen LogP contribution in [-0.2, 0) is 4.79 Å². The number of hydrogen-bond donors (Lipinski definition) is 2. The van der Waals surface area contributed by atoms with Crippen LogP contribution < -0.4 is 10.6 Å². The lowest BCUT2D eigenvalue weighted by molar-refractivity contribution is -0.112. The highest BCUT2D eigenvalue weighted by Gasteiger charge is 2.19. The molecular formula is C20H27FN2O. The van der Waals surface area contributed by atoms with Crippen molar-refractivity contribution in [2.24, 2.45) is 5.92 Å². The summed E-state index contributed by atoms with van der Waals surface area (Å²) in [6.07, 6.45) is 4.88. The number of anilines is 1. The Bertz CT molecular complexity index is 739. The van der Waals surface area contributed by atoms with Gasteiger partial charge in [0.2, 0.25) is 0 Å². The van der Waals surface area contributed by atoms with E-state index in [-0.39, 0.29) is 14.3 Å². The van der Waals surface area contributed by atoms with Crippen LogP contribution in [0.25, 0.3) is 5.57 Å². The number of halogens is 1. The van der Waals surface area contributed by atoms with Gasteiger partial charge in [0.05, 0.1) is 5.57 Å². The van der Waals surface area contributed by atoms with Crippen molar-refractivity contribution >= 4 is 17.2 Å². The highest BCUT2D eigenvalue weighted by molar-refractivity contribution is 6.06. The fourth-order valence-electron chi connectivity index (χ4n) is 3.11. The fraction of sp³-hybridized carbons (Fsp3) is 0.350. The molecule has 0 bridgehead atoms. The van der Waals surface area contributed by atoms with Gasteiger partial charge in [-0.2, -0.15) is 0 Å². The molecule has 3 rings (SSSR count). The van der Waals surface area contributed by atoms with Crippen LogP contribution in [0.1, 0.15) is 35.1 Å². The molecule has 0 radical (unpaired) electrons. The van der Waals surface area contributed by atoms with E-state index in [0.29, 0.717) is 12.1 Å². The third-order valence-electron chi connectivity index (χ3n) is 4.61. The van der Waals surface area contributed by atoms with Crippen molar-refractivity contribution in [2.45, 2.75) is 26.7 Å². The topological polar surface area (TPSA) is 41.1 Å². The van der Waals surface area contributed by atoms with Crippen molar-refractivity contribution < 1.29 is 12.0 Å². The summed E-state index contributed by atoms with van der Waals surface area (Å²) < 4.78 is 13.8. The van der Waals surface area contributed by atoms with Crippen molar-refractivity contribution in [3.05, 3.63) is 59.0 Å². The Balaban J connectivity index is 0.00000169. The molecule has 0 aromatic heterocycles. The van der Waals surface area contributed by atoms with Gasteiger partial charge in [-0.25, -0.2) is 4.39 Å². The van der Waals surface area contributed by atoms with Gasteiger partial charge in [-0.1, -0.05) is 30.7 Å². The zero-order chi connectivity index (χ0) is 17.1. The van der Waals surface area contributed by atoms with Gasteiger partial charge in [-0.3, -0.25) is 4.79 Å². The van der Waals surface area contributed by atoms with E-state index in [1.165, 1.54) is 17.2 Å². The minimum Gasteiger partial charge on any atom is -0.322 e. The van der Waals surface area contributed by atoms with E-state index >= 15 is 0 Å². The Hall–Kier alpha value is -2.20. The summed E-state index contributed by atoms with van der Waals surface area (Å²) in [4.78, 5) is 12.3. The van der Waals surface area contributed by atoms with Crippen LogP contribution >= 0.6 is 0 Å². The van der Waals surface area contributed by atoms with E-state index in [4.69, 9.17) is 0 Å². The average molecular weight is 330 g/mol. The molecule has 2 aliphatic rings. The number of rotatable bonds is 3. The standard InChI is InChI=1S/C20H23FN2O.2H2/c1-13-3-8-19(21)17(11-13)20(24)23-16-6-4-15(5-7-16)18-12-22-10-9-14(18)2;;/h4-8,11,13,22H,3,9-10,12H2,1-2H3,(H,23,24);2*1H. The number of amides is 1. The van der Waals surface area contributed by atoms with E-state index in [0.717, 1.165) is 25.1 Å². The van der Waals surface area contributed by atoms with Gasteiger partial charge in [0, 0.05) is 15.1 Å². The predicted octanol–water partition coefficient (Wildman–Crippen LogP) is 4.70. The first-order valence-electron chi connectivity index (χ1n) is 8.43. The van der Waals surface area contributed by atoms with Gasteiger partial charge in [0.15, 0.2) is 0 Å². The molecule has 1 aromatic rings. The molecule has 1 amide bonds. The SMILES string of the molecule is CC1=C(c2ccc(NC(=O)C3=CC(C)CC=C3F)cc2)CNCC1.[HH].[HH]. The summed E-state index contributed by atoms with van der Waals surface area (Å²) in [6.45, 7) is 6.03. The lowest BCUT2D eigenvalue weighted by Crippen LogP contribution is -2.23. The van der Waals surface area contributed by atoms with E-state index in [1.807, 2.05) is 31.2 Å². The van der Waals surface area contributed by atoms with Gasteiger partial charge >= 0.3 is 0 Å². The van der Waals surface area contributed by atoms with Crippen LogP contribution in [-0.4, -0.2) is 19.0 Å². The Morgan fingerprint density at radius 1 is 1.33 bits per heavy atom. The van der Waals surface area contributed by atoms with E-state index in [2.05, 4.69) is 17.6 Å². The predicted molar refractivity (Wildman–Crippen MR) is 100 cm³/mol. The number of allylic oxidation sites excluding steroid dienone is 2. The van der Waals surface area contributed by atoms with Gasteiger partial charge in [-0.05, 0) is 61.6 Å². The largest absolute Gasteiger partial charge is 0.322 e. The van der Waals surface area contributed by atoms with Crippen molar-refractivity contribution in [3.8, 4) is 0 Å². The van der Waals surface area contributed by atoms with Crippen LogP contribution in [0.5, 0.6) is 0 Å². The molecule has 1 aliphatic heterocycles. The van der Waals surface area contributed by atoms with E-state index < -0.39 is 11.7 Å². The normalized spacial score (nSPS) is 21.2. The maximum Gasteiger partial charge on any atom is 0.258 e. The molecule has 0 fully saturated rings. The number of hydrogen-bond acceptors (Lipinski definition) is 2. The third kappa shape index (κ3) is 3.65. The minimum absolute atomic E-state index is 0. The summed E-state index contributed by atoms with van der Waals surface area (Å²) in [5, 5.41) is 6.16. The summed E-state index contributed by atoms with van der Waals surface area (Å²) >= 11 is 0. The average Bonchev–Trinajstić information content (AvgIpc) is 2.58. The second kappa shape index (κ2) is 7.14. The Morgan fingerprint density at radius 3 is 2.79 bits per heavy atom. The van der Waals surface area contributed by atoms with Gasteiger partial charge in [0.1, 0.15) is 5.83 Å². The number of carbonyl (C=O) groups excluding carboxylic acids is 1. The van der Waals surface area contributed by atoms with Crippen LogP contribution in [0.15, 0.2) is 53.4 Å². The maximum absolute atomic E-state index is 13.8. The third-order valence-corrected chi connectivity index (χ3v) is 4.61. The molecule has 0 saturated carbocycles. The summed E-state index contributed by atoms with van der Waals surface area (Å²) in [5.74, 6) is -0.643. The first kappa shape index (κ1) is 16.7. The van der Waals surface area contributed by atoms with Gasteiger partial charge in [0.25, 0.3) is 5.91 Å². The molecule has 2 N–H and O–H groups in total. The smallest absolute Gasteiger partial charge is 0.258 e. The number of nitrogens with one attached hydrogen (secondary N) is 2. The molecule has 0 spiro atoms. The van der Waals surface area contributed by atoms with E-state index in [1.54, 1.807) is 6.08 Å². The molecule has 0 saturated heterocycles.